The summed E-state index contributed by atoms with van der Waals surface area (Å²) < 4.78 is 18.1. The smallest absolute Gasteiger partial charge is 0.328 e. The van der Waals surface area contributed by atoms with Crippen LogP contribution < -0.4 is 0 Å². The molecule has 0 spiro atoms. The van der Waals surface area contributed by atoms with Crippen LogP contribution in [0.1, 0.15) is 5.56 Å². The van der Waals surface area contributed by atoms with Crippen molar-refractivity contribution in [3.05, 3.63) is 54.2 Å². The number of benzene rings is 1. The Morgan fingerprint density at radius 1 is 1.35 bits per heavy atom. The lowest BCUT2D eigenvalue weighted by Gasteiger charge is -2.03. The van der Waals surface area contributed by atoms with Crippen molar-refractivity contribution in [2.75, 3.05) is 0 Å². The van der Waals surface area contributed by atoms with Gasteiger partial charge in [-0.15, -0.1) is 0 Å². The van der Waals surface area contributed by atoms with E-state index in [9.17, 15) is 9.18 Å². The molecule has 17 heavy (non-hydrogen) atoms. The van der Waals surface area contributed by atoms with Crippen molar-refractivity contribution < 1.29 is 18.7 Å². The van der Waals surface area contributed by atoms with E-state index >= 15 is 0 Å². The number of carboxylic acid groups (broad SMARTS) is 1. The second-order valence-corrected chi connectivity index (χ2v) is 3.42. The van der Waals surface area contributed by atoms with Gasteiger partial charge in [-0.3, -0.25) is 0 Å². The van der Waals surface area contributed by atoms with Crippen molar-refractivity contribution in [2.24, 2.45) is 0 Å². The Morgan fingerprint density at radius 3 is 2.82 bits per heavy atom. The van der Waals surface area contributed by atoms with Gasteiger partial charge in [-0.1, -0.05) is 6.07 Å². The number of carboxylic acids is 1. The van der Waals surface area contributed by atoms with Gasteiger partial charge in [0.05, 0.1) is 12.5 Å². The van der Waals surface area contributed by atoms with Gasteiger partial charge in [0.15, 0.2) is 0 Å². The van der Waals surface area contributed by atoms with Crippen molar-refractivity contribution >= 4 is 12.0 Å². The molecule has 2 aromatic rings. The molecule has 2 rings (SSSR count). The Bertz CT molecular complexity index is 556. The topological polar surface area (TPSA) is 50.4 Å². The molecular weight excluding hydrogens is 223 g/mol. The van der Waals surface area contributed by atoms with E-state index in [4.69, 9.17) is 9.52 Å². The van der Waals surface area contributed by atoms with Crippen LogP contribution >= 0.6 is 0 Å². The fraction of sp³-hybridized carbons (Fsp3) is 0. The maximum Gasteiger partial charge on any atom is 0.328 e. The molecule has 1 aromatic carbocycles. The Morgan fingerprint density at radius 2 is 2.18 bits per heavy atom. The van der Waals surface area contributed by atoms with Crippen molar-refractivity contribution in [1.29, 1.82) is 0 Å². The van der Waals surface area contributed by atoms with Crippen molar-refractivity contribution in [3.63, 3.8) is 0 Å². The number of furan rings is 1. The zero-order valence-corrected chi connectivity index (χ0v) is 8.76. The Kier molecular flexibility index (Phi) is 3.05. The van der Waals surface area contributed by atoms with E-state index < -0.39 is 5.97 Å². The molecule has 0 bridgehead atoms. The Labute approximate surface area is 96.8 Å². The summed E-state index contributed by atoms with van der Waals surface area (Å²) in [5.74, 6) is -1.43. The van der Waals surface area contributed by atoms with Gasteiger partial charge in [-0.05, 0) is 35.4 Å². The van der Waals surface area contributed by atoms with Crippen LogP contribution in [-0.4, -0.2) is 11.1 Å². The summed E-state index contributed by atoms with van der Waals surface area (Å²) in [6, 6.07) is 5.83. The average Bonchev–Trinajstić information content (AvgIpc) is 2.80. The van der Waals surface area contributed by atoms with Gasteiger partial charge in [0.1, 0.15) is 5.82 Å². The first-order valence-electron chi connectivity index (χ1n) is 4.90. The number of carbonyl (C=O) groups is 1. The summed E-state index contributed by atoms with van der Waals surface area (Å²) in [6.45, 7) is 0. The standard InChI is InChI=1S/C13H9FO3/c14-11-3-1-9(2-4-13(15)16)12(7-11)10-5-6-17-8-10/h1-8H,(H,15,16)/b4-2+. The van der Waals surface area contributed by atoms with Crippen LogP contribution in [-0.2, 0) is 4.79 Å². The molecule has 0 unspecified atom stereocenters. The first-order chi connectivity index (χ1) is 8.16. The van der Waals surface area contributed by atoms with Crippen LogP contribution in [0.25, 0.3) is 17.2 Å². The maximum atomic E-state index is 13.2. The predicted octanol–water partition coefficient (Wildman–Crippen LogP) is 3.18. The highest BCUT2D eigenvalue weighted by Crippen LogP contribution is 2.26. The molecule has 0 atom stereocenters. The molecule has 1 N–H and O–H groups in total. The Hall–Kier alpha value is -2.36. The largest absolute Gasteiger partial charge is 0.478 e. The highest BCUT2D eigenvalue weighted by atomic mass is 19.1. The van der Waals surface area contributed by atoms with Crippen LogP contribution in [0.3, 0.4) is 0 Å². The van der Waals surface area contributed by atoms with Gasteiger partial charge < -0.3 is 9.52 Å². The van der Waals surface area contributed by atoms with E-state index in [0.717, 1.165) is 6.08 Å². The van der Waals surface area contributed by atoms with Crippen LogP contribution in [0.4, 0.5) is 4.39 Å². The number of rotatable bonds is 3. The van der Waals surface area contributed by atoms with E-state index in [2.05, 4.69) is 0 Å². The molecule has 0 aliphatic rings. The molecule has 4 heteroatoms. The lowest BCUT2D eigenvalue weighted by molar-refractivity contribution is -0.131. The summed E-state index contributed by atoms with van der Waals surface area (Å²) in [7, 11) is 0. The first kappa shape index (κ1) is 11.1. The highest BCUT2D eigenvalue weighted by Gasteiger charge is 2.06. The molecule has 0 saturated carbocycles. The molecule has 86 valence electrons. The molecule has 0 amide bonds. The molecule has 0 saturated heterocycles. The zero-order valence-electron chi connectivity index (χ0n) is 8.76. The Balaban J connectivity index is 2.49. The van der Waals surface area contributed by atoms with Crippen LogP contribution in [0.15, 0.2) is 47.3 Å². The number of halogens is 1. The third-order valence-corrected chi connectivity index (χ3v) is 2.25. The van der Waals surface area contributed by atoms with Crippen LogP contribution in [0.5, 0.6) is 0 Å². The summed E-state index contributed by atoms with van der Waals surface area (Å²) >= 11 is 0. The number of hydrogen-bond donors (Lipinski definition) is 1. The van der Waals surface area contributed by atoms with E-state index in [1.807, 2.05) is 0 Å². The molecule has 0 radical (unpaired) electrons. The molecule has 1 heterocycles. The van der Waals surface area contributed by atoms with Crippen molar-refractivity contribution in [2.45, 2.75) is 0 Å². The summed E-state index contributed by atoms with van der Waals surface area (Å²) in [5.41, 5.74) is 1.92. The van der Waals surface area contributed by atoms with E-state index in [1.165, 1.54) is 36.8 Å². The molecule has 3 nitrogen and oxygen atoms in total. The molecular formula is C13H9FO3. The van der Waals surface area contributed by atoms with Crippen LogP contribution in [0.2, 0.25) is 0 Å². The van der Waals surface area contributed by atoms with E-state index in [0.29, 0.717) is 16.7 Å². The van der Waals surface area contributed by atoms with Gasteiger partial charge in [0.2, 0.25) is 0 Å². The quantitative estimate of drug-likeness (QED) is 0.827. The monoisotopic (exact) mass is 232 g/mol. The average molecular weight is 232 g/mol. The lowest BCUT2D eigenvalue weighted by atomic mass is 10.0. The molecule has 0 fully saturated rings. The molecule has 0 aliphatic carbocycles. The van der Waals surface area contributed by atoms with Gasteiger partial charge in [0.25, 0.3) is 0 Å². The minimum atomic E-state index is -1.05. The van der Waals surface area contributed by atoms with Gasteiger partial charge in [-0.2, -0.15) is 0 Å². The van der Waals surface area contributed by atoms with Crippen molar-refractivity contribution in [1.82, 2.24) is 0 Å². The van der Waals surface area contributed by atoms with Crippen molar-refractivity contribution in [3.8, 4) is 11.1 Å². The second kappa shape index (κ2) is 4.65. The number of aliphatic carboxylic acids is 1. The van der Waals surface area contributed by atoms with E-state index in [-0.39, 0.29) is 5.82 Å². The normalized spacial score (nSPS) is 10.9. The fourth-order valence-electron chi connectivity index (χ4n) is 1.50. The van der Waals surface area contributed by atoms with E-state index in [1.54, 1.807) is 6.07 Å². The minimum absolute atomic E-state index is 0.381. The first-order valence-corrected chi connectivity index (χ1v) is 4.90. The predicted molar refractivity (Wildman–Crippen MR) is 60.8 cm³/mol. The summed E-state index contributed by atoms with van der Waals surface area (Å²) in [6.07, 6.45) is 5.39. The van der Waals surface area contributed by atoms with Crippen LogP contribution in [0, 0.1) is 5.82 Å². The summed E-state index contributed by atoms with van der Waals surface area (Å²) in [4.78, 5) is 10.5. The fourth-order valence-corrected chi connectivity index (χ4v) is 1.50. The zero-order chi connectivity index (χ0) is 12.3. The molecule has 1 aromatic heterocycles. The molecule has 0 aliphatic heterocycles. The number of hydrogen-bond acceptors (Lipinski definition) is 2. The lowest BCUT2D eigenvalue weighted by Crippen LogP contribution is -1.88. The minimum Gasteiger partial charge on any atom is -0.478 e. The van der Waals surface area contributed by atoms with Gasteiger partial charge >= 0.3 is 5.97 Å². The highest BCUT2D eigenvalue weighted by molar-refractivity contribution is 5.87. The maximum absolute atomic E-state index is 13.2. The summed E-state index contributed by atoms with van der Waals surface area (Å²) in [5, 5.41) is 8.57. The second-order valence-electron chi connectivity index (χ2n) is 3.42. The third-order valence-electron chi connectivity index (χ3n) is 2.25. The third kappa shape index (κ3) is 2.60. The SMILES string of the molecule is O=C(O)/C=C/c1ccc(F)cc1-c1ccoc1. The van der Waals surface area contributed by atoms with Gasteiger partial charge in [-0.25, -0.2) is 9.18 Å². The van der Waals surface area contributed by atoms with Gasteiger partial charge in [0, 0.05) is 11.6 Å².